The zero-order chi connectivity index (χ0) is 22.3. The highest BCUT2D eigenvalue weighted by atomic mass is 35.5. The second-order valence-corrected chi connectivity index (χ2v) is 9.72. The number of carbonyl (C=O) groups excluding carboxylic acids is 2. The molecule has 30 heavy (non-hydrogen) atoms. The molecule has 0 radical (unpaired) electrons. The van der Waals surface area contributed by atoms with Crippen molar-refractivity contribution in [3.63, 3.8) is 0 Å². The highest BCUT2D eigenvalue weighted by Crippen LogP contribution is 2.20. The van der Waals surface area contributed by atoms with Crippen LogP contribution in [0.1, 0.15) is 13.8 Å². The molecule has 0 saturated carbocycles. The minimum absolute atomic E-state index is 0.0230. The second-order valence-electron chi connectivity index (χ2n) is 6.55. The topological polar surface area (TPSA) is 104 Å². The number of thioether (sulfide) groups is 1. The summed E-state index contributed by atoms with van der Waals surface area (Å²) in [5.74, 6) is -2.63. The van der Waals surface area contributed by atoms with Crippen LogP contribution in [-0.4, -0.2) is 32.0 Å². The van der Waals surface area contributed by atoms with Gasteiger partial charge < -0.3 is 0 Å². The van der Waals surface area contributed by atoms with Crippen LogP contribution in [0.4, 0.5) is 4.39 Å². The minimum Gasteiger partial charge on any atom is -0.272 e. The van der Waals surface area contributed by atoms with E-state index in [0.717, 1.165) is 17.0 Å². The van der Waals surface area contributed by atoms with E-state index in [1.807, 2.05) is 0 Å². The Hall–Kier alpha value is -2.14. The van der Waals surface area contributed by atoms with Crippen LogP contribution in [-0.2, 0) is 19.6 Å². The van der Waals surface area contributed by atoms with Crippen LogP contribution >= 0.6 is 23.4 Å². The van der Waals surface area contributed by atoms with Crippen molar-refractivity contribution in [1.29, 1.82) is 0 Å². The molecule has 2 aromatic carbocycles. The first kappa shape index (κ1) is 24.1. The normalized spacial score (nSPS) is 12.4. The number of hydrogen-bond acceptors (Lipinski definition) is 5. The van der Waals surface area contributed by atoms with Gasteiger partial charge in [0.25, 0.3) is 5.91 Å². The average molecular weight is 474 g/mol. The van der Waals surface area contributed by atoms with Gasteiger partial charge >= 0.3 is 0 Å². The van der Waals surface area contributed by atoms with Gasteiger partial charge in [0.05, 0.1) is 5.75 Å². The molecule has 0 aromatic heterocycles. The molecule has 0 aliphatic carbocycles. The summed E-state index contributed by atoms with van der Waals surface area (Å²) in [4.78, 5) is 24.7. The van der Waals surface area contributed by atoms with E-state index in [-0.39, 0.29) is 5.75 Å². The third-order valence-electron chi connectivity index (χ3n) is 3.87. The summed E-state index contributed by atoms with van der Waals surface area (Å²) in [5.41, 5.74) is 4.45. The number of halogens is 2. The van der Waals surface area contributed by atoms with E-state index < -0.39 is 44.5 Å². The molecule has 0 aliphatic rings. The van der Waals surface area contributed by atoms with Crippen molar-refractivity contribution in [3.05, 3.63) is 59.4 Å². The molecule has 0 bridgehead atoms. The molecule has 3 N–H and O–H groups in total. The summed E-state index contributed by atoms with van der Waals surface area (Å²) >= 11 is 7.04. The van der Waals surface area contributed by atoms with Gasteiger partial charge in [-0.2, -0.15) is 4.72 Å². The van der Waals surface area contributed by atoms with Crippen molar-refractivity contribution < 1.29 is 22.4 Å². The lowest BCUT2D eigenvalue weighted by Crippen LogP contribution is -2.54. The third kappa shape index (κ3) is 6.98. The Kier molecular flexibility index (Phi) is 8.65. The highest BCUT2D eigenvalue weighted by Gasteiger charge is 2.30. The smallest absolute Gasteiger partial charge is 0.256 e. The van der Waals surface area contributed by atoms with Gasteiger partial charge in [0.15, 0.2) is 0 Å². The number of nitrogens with one attached hydrogen (secondary N) is 3. The number of carbonyl (C=O) groups is 2. The summed E-state index contributed by atoms with van der Waals surface area (Å²) < 4.78 is 41.0. The van der Waals surface area contributed by atoms with Gasteiger partial charge in [-0.1, -0.05) is 37.6 Å². The number of benzene rings is 2. The fourth-order valence-electron chi connectivity index (χ4n) is 2.31. The van der Waals surface area contributed by atoms with E-state index in [1.54, 1.807) is 38.1 Å². The monoisotopic (exact) mass is 473 g/mol. The standard InChI is InChI=1S/C19H21ClFN3O4S2/c1-12(2)18(24-30(27,28)16-6-4-3-5-15(16)21)19(26)23-22-17(25)11-29-14-9-7-13(20)8-10-14/h3-10,12,18,24H,11H2,1-2H3,(H,22,25)(H,23,26)/t18-/m1/s1. The van der Waals surface area contributed by atoms with Gasteiger partial charge in [0, 0.05) is 9.92 Å². The van der Waals surface area contributed by atoms with Crippen LogP contribution in [0.25, 0.3) is 0 Å². The SMILES string of the molecule is CC(C)[C@@H](NS(=O)(=O)c1ccccc1F)C(=O)NNC(=O)CSc1ccc(Cl)cc1. The van der Waals surface area contributed by atoms with E-state index in [2.05, 4.69) is 15.6 Å². The predicted octanol–water partition coefficient (Wildman–Crippen LogP) is 2.72. The molecule has 1 atom stereocenters. The van der Waals surface area contributed by atoms with E-state index in [9.17, 15) is 22.4 Å². The average Bonchev–Trinajstić information content (AvgIpc) is 2.70. The lowest BCUT2D eigenvalue weighted by molar-refractivity contribution is -0.129. The Balaban J connectivity index is 1.94. The van der Waals surface area contributed by atoms with Crippen LogP contribution in [0.2, 0.25) is 5.02 Å². The van der Waals surface area contributed by atoms with Crippen molar-refractivity contribution in [3.8, 4) is 0 Å². The number of hydrazine groups is 1. The molecule has 0 aliphatic heterocycles. The Morgan fingerprint density at radius 3 is 2.30 bits per heavy atom. The molecule has 2 rings (SSSR count). The molecule has 0 fully saturated rings. The molecule has 0 spiro atoms. The molecule has 0 heterocycles. The van der Waals surface area contributed by atoms with E-state index in [1.165, 1.54) is 23.9 Å². The summed E-state index contributed by atoms with van der Waals surface area (Å²) in [5, 5.41) is 0.577. The maximum atomic E-state index is 13.9. The van der Waals surface area contributed by atoms with Gasteiger partial charge in [-0.15, -0.1) is 11.8 Å². The van der Waals surface area contributed by atoms with Crippen LogP contribution in [0.5, 0.6) is 0 Å². The fraction of sp³-hybridized carbons (Fsp3) is 0.263. The Bertz CT molecular complexity index is 1000. The Labute approximate surface area is 183 Å². The predicted molar refractivity (Wildman–Crippen MR) is 114 cm³/mol. The molecule has 0 saturated heterocycles. The first-order valence-electron chi connectivity index (χ1n) is 8.84. The number of sulfonamides is 1. The quantitative estimate of drug-likeness (QED) is 0.404. The lowest BCUT2D eigenvalue weighted by atomic mass is 10.1. The highest BCUT2D eigenvalue weighted by molar-refractivity contribution is 8.00. The molecule has 2 amide bonds. The van der Waals surface area contributed by atoms with Crippen molar-refractivity contribution >= 4 is 45.2 Å². The summed E-state index contributed by atoms with van der Waals surface area (Å²) in [6.07, 6.45) is 0. The van der Waals surface area contributed by atoms with Crippen LogP contribution < -0.4 is 15.6 Å². The largest absolute Gasteiger partial charge is 0.272 e. The minimum atomic E-state index is -4.28. The summed E-state index contributed by atoms with van der Waals surface area (Å²) in [6.45, 7) is 3.23. The van der Waals surface area contributed by atoms with Crippen molar-refractivity contribution in [1.82, 2.24) is 15.6 Å². The number of rotatable bonds is 8. The van der Waals surface area contributed by atoms with E-state index >= 15 is 0 Å². The van der Waals surface area contributed by atoms with Gasteiger partial charge in [0.2, 0.25) is 15.9 Å². The molecule has 11 heteroatoms. The maximum Gasteiger partial charge on any atom is 0.256 e. The van der Waals surface area contributed by atoms with Crippen LogP contribution in [0, 0.1) is 11.7 Å². The fourth-order valence-corrected chi connectivity index (χ4v) is 4.56. The van der Waals surface area contributed by atoms with Gasteiger partial charge in [0.1, 0.15) is 16.8 Å². The third-order valence-corrected chi connectivity index (χ3v) is 6.60. The zero-order valence-corrected chi connectivity index (χ0v) is 18.6. The maximum absolute atomic E-state index is 13.9. The summed E-state index contributed by atoms with van der Waals surface area (Å²) in [6, 6.07) is 10.5. The number of amides is 2. The zero-order valence-electron chi connectivity index (χ0n) is 16.2. The Morgan fingerprint density at radius 2 is 1.70 bits per heavy atom. The van der Waals surface area contributed by atoms with Crippen molar-refractivity contribution in [2.24, 2.45) is 5.92 Å². The molecule has 162 valence electrons. The molecule has 7 nitrogen and oxygen atoms in total. The lowest BCUT2D eigenvalue weighted by Gasteiger charge is -2.21. The van der Waals surface area contributed by atoms with E-state index in [0.29, 0.717) is 5.02 Å². The molecule has 0 unspecified atom stereocenters. The van der Waals surface area contributed by atoms with Crippen molar-refractivity contribution in [2.45, 2.75) is 29.7 Å². The van der Waals surface area contributed by atoms with Gasteiger partial charge in [-0.25, -0.2) is 12.8 Å². The van der Waals surface area contributed by atoms with Gasteiger partial charge in [-0.3, -0.25) is 20.4 Å². The summed E-state index contributed by atoms with van der Waals surface area (Å²) in [7, 11) is -4.28. The van der Waals surface area contributed by atoms with Crippen LogP contribution in [0.15, 0.2) is 58.3 Å². The first-order chi connectivity index (χ1) is 14.1. The van der Waals surface area contributed by atoms with Crippen molar-refractivity contribution in [2.75, 3.05) is 5.75 Å². The molecular formula is C19H21ClFN3O4S2. The van der Waals surface area contributed by atoms with Crippen LogP contribution in [0.3, 0.4) is 0 Å². The Morgan fingerprint density at radius 1 is 1.07 bits per heavy atom. The van der Waals surface area contributed by atoms with E-state index in [4.69, 9.17) is 11.6 Å². The van der Waals surface area contributed by atoms with Gasteiger partial charge in [-0.05, 0) is 42.3 Å². The number of hydrogen-bond donors (Lipinski definition) is 3. The molecular weight excluding hydrogens is 453 g/mol. The first-order valence-corrected chi connectivity index (χ1v) is 11.7. The molecule has 2 aromatic rings. The second kappa shape index (κ2) is 10.8.